The van der Waals surface area contributed by atoms with Gasteiger partial charge in [-0.2, -0.15) is 13.8 Å². The Kier molecular flexibility index (Phi) is 13.0. The molecule has 2 saturated heterocycles. The monoisotopic (exact) mass is 739 g/mol. The fourth-order valence-corrected chi connectivity index (χ4v) is 4.54. The van der Waals surface area contributed by atoms with Crippen LogP contribution >= 0.6 is 0 Å². The van der Waals surface area contributed by atoms with Gasteiger partial charge in [-0.1, -0.05) is 0 Å². The first-order chi connectivity index (χ1) is 24.7. The van der Waals surface area contributed by atoms with E-state index in [9.17, 15) is 48.1 Å². The second-order valence-corrected chi connectivity index (χ2v) is 10.6. The van der Waals surface area contributed by atoms with E-state index in [-0.39, 0.29) is 12.2 Å². The molecule has 7 atom stereocenters. The Bertz CT molecular complexity index is 2210. The maximum Gasteiger partial charge on any atom is 0.351 e. The number of fused-ring (bicyclic) bond motifs is 1. The van der Waals surface area contributed by atoms with Crippen molar-refractivity contribution in [3.63, 3.8) is 0 Å². The largest absolute Gasteiger partial charge is 0.394 e. The van der Waals surface area contributed by atoms with E-state index in [2.05, 4.69) is 24.9 Å². The lowest BCUT2D eigenvalue weighted by Gasteiger charge is -2.16. The number of hydrogen-bond acceptors (Lipinski definition) is 17. The highest BCUT2D eigenvalue weighted by atomic mass is 19.1. The number of aromatic amines is 4. The van der Waals surface area contributed by atoms with Gasteiger partial charge in [-0.15, -0.1) is 0 Å². The van der Waals surface area contributed by atoms with Crippen LogP contribution in [0.2, 0.25) is 0 Å². The van der Waals surface area contributed by atoms with Crippen LogP contribution in [0, 0.1) is 11.6 Å². The van der Waals surface area contributed by atoms with Crippen molar-refractivity contribution in [3.8, 4) is 0 Å². The molecule has 5 aromatic heterocycles. The number of H-pyrrole nitrogens is 4. The molecular weight excluding hydrogens is 708 g/mol. The molecule has 0 aliphatic carbocycles. The first kappa shape index (κ1) is 39.0. The number of ether oxygens (including phenoxy) is 2. The predicted molar refractivity (Wildman–Crippen MR) is 168 cm³/mol. The second kappa shape index (κ2) is 17.4. The summed E-state index contributed by atoms with van der Waals surface area (Å²) < 4.78 is 37.2. The summed E-state index contributed by atoms with van der Waals surface area (Å²) in [6, 6.07) is 1.37. The molecule has 11 N–H and O–H groups in total. The average molecular weight is 740 g/mol. The van der Waals surface area contributed by atoms with E-state index in [4.69, 9.17) is 25.4 Å². The molecule has 0 unspecified atom stereocenters. The summed E-state index contributed by atoms with van der Waals surface area (Å²) in [6.07, 6.45) is 0.306. The highest BCUT2D eigenvalue weighted by Crippen LogP contribution is 2.28. The summed E-state index contributed by atoms with van der Waals surface area (Å²) in [5, 5.41) is 46.5. The van der Waals surface area contributed by atoms with Gasteiger partial charge in [0.25, 0.3) is 11.1 Å². The SMILES string of the molecule is Nc1ccn([C@@H]2O[C@H](CO)[C@@H](O)[C@@H]2O)c(=O)n1.O=c1[nH]c(=O)n([C@H]2C[C@H](O)[C@@H](CO)O2)cc1F.O=c1[nH]cc(F)c(=O)[nH]1.c1ncc2[nH]cnc2n1. The van der Waals surface area contributed by atoms with Crippen molar-refractivity contribution in [2.75, 3.05) is 18.9 Å². The molecule has 7 rings (SSSR count). The number of nitrogens with two attached hydrogens (primary N) is 1. The van der Waals surface area contributed by atoms with Gasteiger partial charge >= 0.3 is 17.1 Å². The second-order valence-electron chi connectivity index (χ2n) is 10.6. The zero-order valence-corrected chi connectivity index (χ0v) is 26.3. The lowest BCUT2D eigenvalue weighted by atomic mass is 10.1. The predicted octanol–water partition coefficient (Wildman–Crippen LogP) is -4.69. The Balaban J connectivity index is 0.000000162. The Morgan fingerprint density at radius 2 is 1.62 bits per heavy atom. The third-order valence-corrected chi connectivity index (χ3v) is 7.13. The number of hydrogen-bond donors (Lipinski definition) is 10. The molecule has 280 valence electrons. The Labute approximate surface area is 285 Å². The maximum absolute atomic E-state index is 13.0. The molecule has 52 heavy (non-hydrogen) atoms. The van der Waals surface area contributed by atoms with Crippen molar-refractivity contribution >= 4 is 17.0 Å². The Hall–Kier alpha value is -5.83. The van der Waals surface area contributed by atoms with Crippen LogP contribution in [0.3, 0.4) is 0 Å². The van der Waals surface area contributed by atoms with Gasteiger partial charge in [0.15, 0.2) is 11.9 Å². The fourth-order valence-electron chi connectivity index (χ4n) is 4.54. The van der Waals surface area contributed by atoms with Crippen LogP contribution in [0.5, 0.6) is 0 Å². The first-order valence-corrected chi connectivity index (χ1v) is 14.7. The summed E-state index contributed by atoms with van der Waals surface area (Å²) in [7, 11) is 0. The van der Waals surface area contributed by atoms with E-state index in [0.29, 0.717) is 11.8 Å². The lowest BCUT2D eigenvalue weighted by Crippen LogP contribution is -2.36. The van der Waals surface area contributed by atoms with Crippen molar-refractivity contribution in [2.24, 2.45) is 0 Å². The number of nitrogens with one attached hydrogen (secondary N) is 4. The molecule has 2 aliphatic rings. The molecule has 0 saturated carbocycles. The summed E-state index contributed by atoms with van der Waals surface area (Å²) in [6.45, 7) is -0.857. The maximum atomic E-state index is 13.0. The van der Waals surface area contributed by atoms with E-state index in [1.54, 1.807) is 22.5 Å². The highest BCUT2D eigenvalue weighted by molar-refractivity contribution is 5.67. The molecule has 23 nitrogen and oxygen atoms in total. The molecule has 7 heterocycles. The van der Waals surface area contributed by atoms with Gasteiger partial charge < -0.3 is 50.7 Å². The summed E-state index contributed by atoms with van der Waals surface area (Å²) in [5.41, 5.74) is 2.57. The molecule has 5 aromatic rings. The standard InChI is InChI=1S/C9H11FN2O5.C9H13N3O5.C5H4N4.C4H3FN2O2/c10-4-2-12(9(16)11-8(4)15)7-1-5(14)6(3-13)17-7;10-5-1-2-12(9(16)11-5)8-7(15)6(14)4(3-13)17-8;1-4-5(8-2-6-1)9-3-7-4;5-2-1-6-4(9)7-3(2)8/h2,5-7,13-14H,1,3H2,(H,11,15,16);1-2,4,6-8,13-15H,3H2,(H2,10,11,16);1-3H,(H,6,7,8,9);1H,(H2,6,7,8,9)/t5-,6+,7+;4-,6-,7+,8-;;/m01../s1. The van der Waals surface area contributed by atoms with Crippen molar-refractivity contribution in [1.29, 1.82) is 0 Å². The number of aliphatic hydroxyl groups is 5. The topological polar surface area (TPSA) is 356 Å². The lowest BCUT2D eigenvalue weighted by molar-refractivity contribution is -0.0549. The number of aliphatic hydroxyl groups excluding tert-OH is 5. The van der Waals surface area contributed by atoms with Crippen LogP contribution in [-0.4, -0.2) is 118 Å². The average Bonchev–Trinajstić information content (AvgIpc) is 3.82. The van der Waals surface area contributed by atoms with Crippen LogP contribution in [0.25, 0.3) is 11.2 Å². The summed E-state index contributed by atoms with van der Waals surface area (Å²) in [4.78, 5) is 77.5. The summed E-state index contributed by atoms with van der Waals surface area (Å²) in [5.74, 6) is -2.05. The summed E-state index contributed by atoms with van der Waals surface area (Å²) >= 11 is 0. The molecular formula is C27H31F2N11O12. The first-order valence-electron chi connectivity index (χ1n) is 14.7. The van der Waals surface area contributed by atoms with Gasteiger partial charge in [0, 0.05) is 18.8 Å². The van der Waals surface area contributed by atoms with E-state index >= 15 is 0 Å². The van der Waals surface area contributed by atoms with Crippen molar-refractivity contribution < 1.29 is 43.8 Å². The van der Waals surface area contributed by atoms with E-state index in [1.165, 1.54) is 18.6 Å². The number of anilines is 1. The molecule has 25 heteroatoms. The van der Waals surface area contributed by atoms with E-state index in [1.807, 2.05) is 4.98 Å². The van der Waals surface area contributed by atoms with Gasteiger partial charge in [-0.3, -0.25) is 28.7 Å². The van der Waals surface area contributed by atoms with Gasteiger partial charge in [0.2, 0.25) is 11.6 Å². The minimum Gasteiger partial charge on any atom is -0.394 e. The third-order valence-electron chi connectivity index (χ3n) is 7.13. The Morgan fingerprint density at radius 3 is 2.21 bits per heavy atom. The normalized spacial score (nSPS) is 23.5. The van der Waals surface area contributed by atoms with Crippen molar-refractivity contribution in [1.82, 2.24) is 49.0 Å². The third kappa shape index (κ3) is 9.48. The van der Waals surface area contributed by atoms with Crippen LogP contribution in [0.4, 0.5) is 14.6 Å². The zero-order valence-electron chi connectivity index (χ0n) is 26.3. The number of aromatic nitrogens is 10. The number of halogens is 2. The van der Waals surface area contributed by atoms with E-state index < -0.39 is 96.0 Å². The van der Waals surface area contributed by atoms with Crippen LogP contribution < -0.4 is 33.9 Å². The zero-order chi connectivity index (χ0) is 38.1. The molecule has 2 aliphatic heterocycles. The Morgan fingerprint density at radius 1 is 0.904 bits per heavy atom. The molecule has 2 fully saturated rings. The van der Waals surface area contributed by atoms with E-state index in [0.717, 1.165) is 20.8 Å². The molecule has 0 spiro atoms. The number of nitrogens with zero attached hydrogens (tertiary/aromatic N) is 6. The van der Waals surface area contributed by atoms with Crippen molar-refractivity contribution in [3.05, 3.63) is 107 Å². The molecule has 0 amide bonds. The van der Waals surface area contributed by atoms with Crippen LogP contribution in [-0.2, 0) is 9.47 Å². The van der Waals surface area contributed by atoms with Gasteiger partial charge in [-0.05, 0) is 6.07 Å². The molecule has 0 bridgehead atoms. The number of imidazole rings is 1. The van der Waals surface area contributed by atoms with Gasteiger partial charge in [0.05, 0.1) is 38.0 Å². The quantitative estimate of drug-likeness (QED) is 0.0827. The van der Waals surface area contributed by atoms with Crippen LogP contribution in [0.15, 0.2) is 67.5 Å². The molecule has 0 radical (unpaired) electrons. The number of rotatable bonds is 4. The highest BCUT2D eigenvalue weighted by Gasteiger charge is 2.43. The minimum absolute atomic E-state index is 0.0383. The van der Waals surface area contributed by atoms with Gasteiger partial charge in [0.1, 0.15) is 48.3 Å². The van der Waals surface area contributed by atoms with Gasteiger partial charge in [-0.25, -0.2) is 29.3 Å². The molecule has 0 aromatic carbocycles. The van der Waals surface area contributed by atoms with Crippen LogP contribution in [0.1, 0.15) is 18.9 Å². The number of nitrogen functional groups attached to an aromatic ring is 1. The minimum atomic E-state index is -1.31. The smallest absolute Gasteiger partial charge is 0.351 e. The fraction of sp³-hybridized carbons (Fsp3) is 0.370. The van der Waals surface area contributed by atoms with Crippen molar-refractivity contribution in [2.45, 2.75) is 49.4 Å².